The highest BCUT2D eigenvalue weighted by atomic mass is 16.5. The number of carbonyl (C=O) groups is 1. The summed E-state index contributed by atoms with van der Waals surface area (Å²) in [7, 11) is 0. The third-order valence-electron chi connectivity index (χ3n) is 5.28. The lowest BCUT2D eigenvalue weighted by atomic mass is 10.1. The second-order valence-electron chi connectivity index (χ2n) is 7.00. The van der Waals surface area contributed by atoms with Crippen molar-refractivity contribution in [3.63, 3.8) is 0 Å². The molecule has 0 aliphatic carbocycles. The Labute approximate surface area is 145 Å². The van der Waals surface area contributed by atoms with Crippen LogP contribution in [0.15, 0.2) is 30.3 Å². The Hall–Kier alpha value is -1.39. The molecule has 0 unspecified atom stereocenters. The largest absolute Gasteiger partial charge is 0.376 e. The average Bonchev–Trinajstić information content (AvgIpc) is 3.04. The molecule has 3 rings (SSSR count). The molecule has 0 saturated carbocycles. The van der Waals surface area contributed by atoms with Gasteiger partial charge in [-0.2, -0.15) is 0 Å². The second-order valence-corrected chi connectivity index (χ2v) is 7.00. The molecular weight excluding hydrogens is 300 g/mol. The molecule has 2 aliphatic rings. The lowest BCUT2D eigenvalue weighted by Gasteiger charge is -2.26. The van der Waals surface area contributed by atoms with Gasteiger partial charge in [0.15, 0.2) is 0 Å². The molecule has 1 aromatic carbocycles. The maximum atomic E-state index is 12.4. The Morgan fingerprint density at radius 2 is 1.79 bits per heavy atom. The Morgan fingerprint density at radius 3 is 2.58 bits per heavy atom. The first kappa shape index (κ1) is 17.4. The zero-order valence-corrected chi connectivity index (χ0v) is 14.7. The molecule has 0 spiro atoms. The molecule has 0 radical (unpaired) electrons. The maximum absolute atomic E-state index is 12.4. The summed E-state index contributed by atoms with van der Waals surface area (Å²) in [5, 5.41) is 0. The van der Waals surface area contributed by atoms with Crippen molar-refractivity contribution in [1.82, 2.24) is 9.80 Å². The van der Waals surface area contributed by atoms with Gasteiger partial charge >= 0.3 is 0 Å². The van der Waals surface area contributed by atoms with Crippen LogP contribution in [0.25, 0.3) is 0 Å². The van der Waals surface area contributed by atoms with Gasteiger partial charge in [-0.15, -0.1) is 0 Å². The number of rotatable bonds is 6. The van der Waals surface area contributed by atoms with E-state index in [2.05, 4.69) is 21.9 Å². The fourth-order valence-corrected chi connectivity index (χ4v) is 3.88. The zero-order valence-electron chi connectivity index (χ0n) is 14.7. The number of amides is 1. The molecule has 0 aromatic heterocycles. The molecule has 0 bridgehead atoms. The van der Waals surface area contributed by atoms with Crippen molar-refractivity contribution in [3.8, 4) is 0 Å². The van der Waals surface area contributed by atoms with Crippen LogP contribution in [0, 0.1) is 0 Å². The Bertz CT molecular complexity index is 500. The first-order valence-electron chi connectivity index (χ1n) is 9.46. The number of hydrogen-bond acceptors (Lipinski definition) is 3. The molecule has 2 saturated heterocycles. The molecule has 4 heteroatoms. The first-order valence-corrected chi connectivity index (χ1v) is 9.46. The minimum Gasteiger partial charge on any atom is -0.376 e. The second kappa shape index (κ2) is 9.19. The predicted molar refractivity (Wildman–Crippen MR) is 95.7 cm³/mol. The van der Waals surface area contributed by atoms with E-state index in [9.17, 15) is 4.79 Å². The Morgan fingerprint density at radius 1 is 1.00 bits per heavy atom. The summed E-state index contributed by atoms with van der Waals surface area (Å²) >= 11 is 0. The van der Waals surface area contributed by atoms with Crippen molar-refractivity contribution in [2.75, 3.05) is 32.8 Å². The van der Waals surface area contributed by atoms with Crippen molar-refractivity contribution >= 4 is 5.91 Å². The van der Waals surface area contributed by atoms with Crippen LogP contribution in [0.3, 0.4) is 0 Å². The standard InChI is InChI=1S/C20H30N2O2/c23-20(11-16-24-17-18-7-2-1-3-8-18)22-14-6-9-19(10-15-22)21-12-4-5-13-21/h1-3,7-8,19H,4-6,9-17H2/t19-/m1/s1. The molecule has 2 fully saturated rings. The van der Waals surface area contributed by atoms with Crippen LogP contribution in [-0.4, -0.2) is 54.5 Å². The molecule has 2 heterocycles. The van der Waals surface area contributed by atoms with E-state index in [-0.39, 0.29) is 5.91 Å². The fourth-order valence-electron chi connectivity index (χ4n) is 3.88. The van der Waals surface area contributed by atoms with E-state index in [4.69, 9.17) is 4.74 Å². The average molecular weight is 330 g/mol. The maximum Gasteiger partial charge on any atom is 0.224 e. The van der Waals surface area contributed by atoms with Gasteiger partial charge in [0.2, 0.25) is 5.91 Å². The molecule has 1 atom stereocenters. The highest BCUT2D eigenvalue weighted by Gasteiger charge is 2.26. The quantitative estimate of drug-likeness (QED) is 0.752. The molecule has 1 aromatic rings. The Balaban J connectivity index is 1.35. The zero-order chi connectivity index (χ0) is 16.6. The van der Waals surface area contributed by atoms with Crippen LogP contribution in [0.1, 0.15) is 44.1 Å². The number of hydrogen-bond donors (Lipinski definition) is 0. The van der Waals surface area contributed by atoms with Gasteiger partial charge in [0, 0.05) is 19.1 Å². The van der Waals surface area contributed by atoms with Crippen molar-refractivity contribution in [2.45, 2.75) is 51.2 Å². The molecule has 24 heavy (non-hydrogen) atoms. The van der Waals surface area contributed by atoms with Gasteiger partial charge in [-0.25, -0.2) is 0 Å². The summed E-state index contributed by atoms with van der Waals surface area (Å²) in [5.41, 5.74) is 1.16. The van der Waals surface area contributed by atoms with Crippen LogP contribution in [-0.2, 0) is 16.1 Å². The summed E-state index contributed by atoms with van der Waals surface area (Å²) in [6.07, 6.45) is 6.71. The van der Waals surface area contributed by atoms with Crippen LogP contribution < -0.4 is 0 Å². The Kier molecular flexibility index (Phi) is 6.67. The van der Waals surface area contributed by atoms with Crippen molar-refractivity contribution < 1.29 is 9.53 Å². The van der Waals surface area contributed by atoms with E-state index in [0.29, 0.717) is 25.7 Å². The van der Waals surface area contributed by atoms with Crippen LogP contribution >= 0.6 is 0 Å². The van der Waals surface area contributed by atoms with Gasteiger partial charge in [-0.05, 0) is 50.8 Å². The van der Waals surface area contributed by atoms with Crippen molar-refractivity contribution in [3.05, 3.63) is 35.9 Å². The van der Waals surface area contributed by atoms with E-state index < -0.39 is 0 Å². The normalized spacial score (nSPS) is 22.5. The van der Waals surface area contributed by atoms with E-state index in [0.717, 1.165) is 31.5 Å². The predicted octanol–water partition coefficient (Wildman–Crippen LogP) is 3.07. The number of nitrogens with zero attached hydrogens (tertiary/aromatic N) is 2. The number of likely N-dealkylation sites (tertiary alicyclic amines) is 2. The molecule has 2 aliphatic heterocycles. The SMILES string of the molecule is O=C(CCOCc1ccccc1)N1CCC[C@@H](N2CCCC2)CC1. The highest BCUT2D eigenvalue weighted by molar-refractivity contribution is 5.76. The van der Waals surface area contributed by atoms with Gasteiger partial charge in [-0.3, -0.25) is 4.79 Å². The van der Waals surface area contributed by atoms with Crippen LogP contribution in [0.5, 0.6) is 0 Å². The third kappa shape index (κ3) is 5.05. The van der Waals surface area contributed by atoms with Crippen molar-refractivity contribution in [2.24, 2.45) is 0 Å². The summed E-state index contributed by atoms with van der Waals surface area (Å²) < 4.78 is 5.66. The first-order chi connectivity index (χ1) is 11.8. The van der Waals surface area contributed by atoms with Crippen LogP contribution in [0.2, 0.25) is 0 Å². The monoisotopic (exact) mass is 330 g/mol. The lowest BCUT2D eigenvalue weighted by Crippen LogP contribution is -2.35. The van der Waals surface area contributed by atoms with E-state index in [1.807, 2.05) is 18.2 Å². The summed E-state index contributed by atoms with van der Waals surface area (Å²) in [4.78, 5) is 17.1. The molecule has 1 amide bonds. The molecular formula is C20H30N2O2. The number of ether oxygens (including phenoxy) is 1. The van der Waals surface area contributed by atoms with E-state index >= 15 is 0 Å². The van der Waals surface area contributed by atoms with Gasteiger partial charge in [0.05, 0.1) is 19.6 Å². The topological polar surface area (TPSA) is 32.8 Å². The summed E-state index contributed by atoms with van der Waals surface area (Å²) in [6.45, 7) is 5.45. The van der Waals surface area contributed by atoms with E-state index in [1.54, 1.807) is 0 Å². The third-order valence-corrected chi connectivity index (χ3v) is 5.28. The van der Waals surface area contributed by atoms with Gasteiger partial charge in [0.25, 0.3) is 0 Å². The van der Waals surface area contributed by atoms with Crippen molar-refractivity contribution in [1.29, 1.82) is 0 Å². The van der Waals surface area contributed by atoms with Gasteiger partial charge in [0.1, 0.15) is 0 Å². The smallest absolute Gasteiger partial charge is 0.224 e. The van der Waals surface area contributed by atoms with Crippen LogP contribution in [0.4, 0.5) is 0 Å². The lowest BCUT2D eigenvalue weighted by molar-refractivity contribution is -0.132. The molecule has 132 valence electrons. The summed E-state index contributed by atoms with van der Waals surface area (Å²) in [5.74, 6) is 0.255. The number of benzene rings is 1. The van der Waals surface area contributed by atoms with Gasteiger partial charge in [-0.1, -0.05) is 30.3 Å². The highest BCUT2D eigenvalue weighted by Crippen LogP contribution is 2.21. The fraction of sp³-hybridized carbons (Fsp3) is 0.650. The molecule has 4 nitrogen and oxygen atoms in total. The summed E-state index contributed by atoms with van der Waals surface area (Å²) in [6, 6.07) is 10.8. The van der Waals surface area contributed by atoms with E-state index in [1.165, 1.54) is 32.4 Å². The van der Waals surface area contributed by atoms with Gasteiger partial charge < -0.3 is 14.5 Å². The number of carbonyl (C=O) groups excluding carboxylic acids is 1. The molecule has 0 N–H and O–H groups in total. The minimum atomic E-state index is 0.255. The minimum absolute atomic E-state index is 0.255.